The van der Waals surface area contributed by atoms with Crippen molar-refractivity contribution in [2.45, 2.75) is 65.2 Å². The molecule has 0 spiro atoms. The van der Waals surface area contributed by atoms with Crippen molar-refractivity contribution < 1.29 is 14.3 Å². The van der Waals surface area contributed by atoms with Gasteiger partial charge in [-0.05, 0) is 24.7 Å². The molecule has 3 heteroatoms. The highest BCUT2D eigenvalue weighted by molar-refractivity contribution is 5.98. The van der Waals surface area contributed by atoms with Crippen molar-refractivity contribution in [3.8, 4) is 0 Å². The smallest absolute Gasteiger partial charge is 0.316 e. The van der Waals surface area contributed by atoms with Crippen molar-refractivity contribution in [3.05, 3.63) is 0 Å². The lowest BCUT2D eigenvalue weighted by molar-refractivity contribution is -0.150. The van der Waals surface area contributed by atoms with Crippen LogP contribution in [0.4, 0.5) is 0 Å². The first-order valence-electron chi connectivity index (χ1n) is 7.65. The number of rotatable bonds is 7. The molecule has 0 aromatic heterocycles. The van der Waals surface area contributed by atoms with E-state index in [2.05, 4.69) is 13.8 Å². The summed E-state index contributed by atoms with van der Waals surface area (Å²) in [5.41, 5.74) is 0. The average molecular weight is 268 g/mol. The van der Waals surface area contributed by atoms with Gasteiger partial charge in [0, 0.05) is 6.42 Å². The van der Waals surface area contributed by atoms with Gasteiger partial charge in [0.15, 0.2) is 0 Å². The molecule has 0 aliphatic heterocycles. The van der Waals surface area contributed by atoms with Crippen molar-refractivity contribution in [3.63, 3.8) is 0 Å². The Morgan fingerprint density at radius 3 is 2.32 bits per heavy atom. The Morgan fingerprint density at radius 1 is 1.16 bits per heavy atom. The third-order valence-electron chi connectivity index (χ3n) is 4.14. The zero-order chi connectivity index (χ0) is 14.3. The topological polar surface area (TPSA) is 43.4 Å². The van der Waals surface area contributed by atoms with E-state index in [0.717, 1.165) is 19.3 Å². The fourth-order valence-corrected chi connectivity index (χ4v) is 2.86. The largest absolute Gasteiger partial charge is 0.468 e. The van der Waals surface area contributed by atoms with E-state index < -0.39 is 5.92 Å². The molecule has 0 aromatic carbocycles. The second-order valence-corrected chi connectivity index (χ2v) is 6.21. The number of ketones is 1. The molecule has 3 nitrogen and oxygen atoms in total. The minimum atomic E-state index is -0.521. The highest BCUT2D eigenvalue weighted by atomic mass is 16.5. The molecule has 1 rings (SSSR count). The quantitative estimate of drug-likeness (QED) is 0.521. The van der Waals surface area contributed by atoms with E-state index in [1.165, 1.54) is 26.4 Å². The Labute approximate surface area is 117 Å². The SMILES string of the molecule is COC(=O)C(CC1CCCCC1)C(=O)CCC(C)C. The molecule has 0 radical (unpaired) electrons. The van der Waals surface area contributed by atoms with Crippen LogP contribution in [-0.4, -0.2) is 18.9 Å². The summed E-state index contributed by atoms with van der Waals surface area (Å²) < 4.78 is 4.82. The minimum absolute atomic E-state index is 0.0751. The van der Waals surface area contributed by atoms with Crippen molar-refractivity contribution in [1.29, 1.82) is 0 Å². The molecule has 0 aromatic rings. The van der Waals surface area contributed by atoms with Crippen LogP contribution in [-0.2, 0) is 14.3 Å². The molecule has 19 heavy (non-hydrogen) atoms. The maximum absolute atomic E-state index is 12.2. The molecule has 1 aliphatic rings. The number of hydrogen-bond acceptors (Lipinski definition) is 3. The Morgan fingerprint density at radius 2 is 1.79 bits per heavy atom. The molecule has 1 unspecified atom stereocenters. The Hall–Kier alpha value is -0.860. The molecule has 1 atom stereocenters. The molecule has 1 aliphatic carbocycles. The molecule has 0 heterocycles. The molecule has 0 saturated heterocycles. The number of ether oxygens (including phenoxy) is 1. The van der Waals surface area contributed by atoms with Crippen LogP contribution in [0.15, 0.2) is 0 Å². The number of carbonyl (C=O) groups is 2. The lowest BCUT2D eigenvalue weighted by Crippen LogP contribution is -2.28. The van der Waals surface area contributed by atoms with E-state index in [0.29, 0.717) is 24.7 Å². The van der Waals surface area contributed by atoms with E-state index >= 15 is 0 Å². The normalized spacial score (nSPS) is 18.3. The van der Waals surface area contributed by atoms with Crippen molar-refractivity contribution >= 4 is 11.8 Å². The first-order valence-corrected chi connectivity index (χ1v) is 7.65. The van der Waals surface area contributed by atoms with Crippen LogP contribution >= 0.6 is 0 Å². The van der Waals surface area contributed by atoms with Crippen LogP contribution in [0, 0.1) is 17.8 Å². The minimum Gasteiger partial charge on any atom is -0.468 e. The lowest BCUT2D eigenvalue weighted by Gasteiger charge is -2.24. The van der Waals surface area contributed by atoms with Gasteiger partial charge in [0.05, 0.1) is 7.11 Å². The fraction of sp³-hybridized carbons (Fsp3) is 0.875. The maximum atomic E-state index is 12.2. The maximum Gasteiger partial charge on any atom is 0.316 e. The van der Waals surface area contributed by atoms with Crippen LogP contribution < -0.4 is 0 Å². The standard InChI is InChI=1S/C16H28O3/c1-12(2)9-10-15(17)14(16(18)19-3)11-13-7-5-4-6-8-13/h12-14H,4-11H2,1-3H3. The van der Waals surface area contributed by atoms with E-state index in [9.17, 15) is 9.59 Å². The Kier molecular flexibility index (Phi) is 7.11. The second-order valence-electron chi connectivity index (χ2n) is 6.21. The lowest BCUT2D eigenvalue weighted by atomic mass is 9.80. The molecular formula is C16H28O3. The van der Waals surface area contributed by atoms with Crippen LogP contribution in [0.25, 0.3) is 0 Å². The monoisotopic (exact) mass is 268 g/mol. The first kappa shape index (κ1) is 16.2. The van der Waals surface area contributed by atoms with Gasteiger partial charge in [-0.15, -0.1) is 0 Å². The molecule has 0 N–H and O–H groups in total. The second kappa shape index (κ2) is 8.34. The van der Waals surface area contributed by atoms with E-state index in [1.54, 1.807) is 0 Å². The summed E-state index contributed by atoms with van der Waals surface area (Å²) in [6, 6.07) is 0. The number of carbonyl (C=O) groups excluding carboxylic acids is 2. The average Bonchev–Trinajstić information content (AvgIpc) is 2.42. The van der Waals surface area contributed by atoms with E-state index in [4.69, 9.17) is 4.74 Å². The Bertz CT molecular complexity index is 290. The molecule has 0 amide bonds. The summed E-state index contributed by atoms with van der Waals surface area (Å²) in [5, 5.41) is 0. The van der Waals surface area contributed by atoms with Crippen molar-refractivity contribution in [1.82, 2.24) is 0 Å². The predicted molar refractivity (Wildman–Crippen MR) is 75.8 cm³/mol. The molecule has 110 valence electrons. The van der Waals surface area contributed by atoms with Gasteiger partial charge in [0.2, 0.25) is 0 Å². The summed E-state index contributed by atoms with van der Waals surface area (Å²) >= 11 is 0. The summed E-state index contributed by atoms with van der Waals surface area (Å²) in [6.45, 7) is 4.20. The molecule has 0 bridgehead atoms. The van der Waals surface area contributed by atoms with Crippen LogP contribution in [0.1, 0.15) is 65.2 Å². The number of Topliss-reactive ketones (excluding diaryl/α,β-unsaturated/α-hetero) is 1. The number of methoxy groups -OCH3 is 1. The third-order valence-corrected chi connectivity index (χ3v) is 4.14. The first-order chi connectivity index (χ1) is 9.04. The van der Waals surface area contributed by atoms with Crippen LogP contribution in [0.5, 0.6) is 0 Å². The Balaban J connectivity index is 2.54. The number of esters is 1. The summed E-state index contributed by atoms with van der Waals surface area (Å²) in [7, 11) is 1.38. The van der Waals surface area contributed by atoms with Gasteiger partial charge in [-0.1, -0.05) is 46.0 Å². The van der Waals surface area contributed by atoms with E-state index in [-0.39, 0.29) is 11.8 Å². The third kappa shape index (κ3) is 5.75. The fourth-order valence-electron chi connectivity index (χ4n) is 2.86. The summed E-state index contributed by atoms with van der Waals surface area (Å²) in [6.07, 6.45) is 8.14. The van der Waals surface area contributed by atoms with Gasteiger partial charge in [0.1, 0.15) is 11.7 Å². The van der Waals surface area contributed by atoms with Crippen molar-refractivity contribution in [2.75, 3.05) is 7.11 Å². The molecule has 1 saturated carbocycles. The van der Waals surface area contributed by atoms with Gasteiger partial charge < -0.3 is 4.74 Å². The van der Waals surface area contributed by atoms with Crippen LogP contribution in [0.2, 0.25) is 0 Å². The van der Waals surface area contributed by atoms with Crippen molar-refractivity contribution in [2.24, 2.45) is 17.8 Å². The molecular weight excluding hydrogens is 240 g/mol. The molecule has 1 fully saturated rings. The van der Waals surface area contributed by atoms with Gasteiger partial charge in [-0.25, -0.2) is 0 Å². The van der Waals surface area contributed by atoms with Crippen LogP contribution in [0.3, 0.4) is 0 Å². The van der Waals surface area contributed by atoms with Gasteiger partial charge in [-0.2, -0.15) is 0 Å². The number of hydrogen-bond donors (Lipinski definition) is 0. The summed E-state index contributed by atoms with van der Waals surface area (Å²) in [4.78, 5) is 24.0. The van der Waals surface area contributed by atoms with Gasteiger partial charge in [0.25, 0.3) is 0 Å². The summed E-state index contributed by atoms with van der Waals surface area (Å²) in [5.74, 6) is 0.245. The predicted octanol–water partition coefficient (Wildman–Crippen LogP) is 3.75. The highest BCUT2D eigenvalue weighted by Gasteiger charge is 2.30. The van der Waals surface area contributed by atoms with E-state index in [1.807, 2.05) is 0 Å². The zero-order valence-corrected chi connectivity index (χ0v) is 12.6. The van der Waals surface area contributed by atoms with Gasteiger partial charge >= 0.3 is 5.97 Å². The highest BCUT2D eigenvalue weighted by Crippen LogP contribution is 2.30. The zero-order valence-electron chi connectivity index (χ0n) is 12.6. The van der Waals surface area contributed by atoms with Gasteiger partial charge in [-0.3, -0.25) is 9.59 Å².